The van der Waals surface area contributed by atoms with Gasteiger partial charge in [-0.2, -0.15) is 5.10 Å². The van der Waals surface area contributed by atoms with E-state index in [0.717, 1.165) is 34.6 Å². The first-order valence-electron chi connectivity index (χ1n) is 8.87. The molecular formula is C19H20F2N4O2. The molecule has 2 fully saturated rings. The largest absolute Gasteiger partial charge is 0.368 e. The molecule has 2 aliphatic rings. The van der Waals surface area contributed by atoms with Crippen LogP contribution >= 0.6 is 0 Å². The highest BCUT2D eigenvalue weighted by atomic mass is 19.3. The molecule has 0 spiro atoms. The number of nitrogens with zero attached hydrogens (tertiary/aromatic N) is 3. The average Bonchev–Trinajstić information content (AvgIpc) is 3.29. The van der Waals surface area contributed by atoms with E-state index >= 15 is 0 Å². The Morgan fingerprint density at radius 3 is 2.59 bits per heavy atom. The normalized spacial score (nSPS) is 21.4. The number of likely N-dealkylation sites (tertiary alicyclic amines) is 1. The van der Waals surface area contributed by atoms with Crippen molar-refractivity contribution < 1.29 is 18.4 Å². The molecule has 2 N–H and O–H groups in total. The van der Waals surface area contributed by atoms with Gasteiger partial charge in [-0.25, -0.2) is 8.78 Å². The van der Waals surface area contributed by atoms with E-state index < -0.39 is 36.7 Å². The molecule has 0 radical (unpaired) electrons. The highest BCUT2D eigenvalue weighted by Crippen LogP contribution is 2.45. The van der Waals surface area contributed by atoms with Crippen molar-refractivity contribution in [1.82, 2.24) is 14.7 Å². The molecule has 0 bridgehead atoms. The monoisotopic (exact) mass is 374 g/mol. The van der Waals surface area contributed by atoms with Crippen LogP contribution in [0.1, 0.15) is 41.1 Å². The molecule has 2 heterocycles. The number of rotatable bonds is 4. The second kappa shape index (κ2) is 6.14. The number of primary amides is 1. The first-order valence-corrected chi connectivity index (χ1v) is 8.87. The molecule has 6 nitrogen and oxygen atoms in total. The molecule has 1 aliphatic carbocycles. The van der Waals surface area contributed by atoms with E-state index in [1.165, 1.54) is 0 Å². The predicted molar refractivity (Wildman–Crippen MR) is 94.2 cm³/mol. The fourth-order valence-corrected chi connectivity index (χ4v) is 3.75. The predicted octanol–water partition coefficient (Wildman–Crippen LogP) is 2.30. The molecule has 1 aromatic carbocycles. The van der Waals surface area contributed by atoms with Crippen LogP contribution in [0.15, 0.2) is 30.5 Å². The summed E-state index contributed by atoms with van der Waals surface area (Å²) in [5.74, 6) is -4.20. The van der Waals surface area contributed by atoms with Crippen molar-refractivity contribution in [3.63, 3.8) is 0 Å². The number of benzene rings is 1. The van der Waals surface area contributed by atoms with Crippen molar-refractivity contribution in [2.24, 2.45) is 12.8 Å². The Labute approximate surface area is 154 Å². The molecule has 27 heavy (non-hydrogen) atoms. The summed E-state index contributed by atoms with van der Waals surface area (Å²) in [6.45, 7) is -0.801. The van der Waals surface area contributed by atoms with Gasteiger partial charge < -0.3 is 10.6 Å². The van der Waals surface area contributed by atoms with Crippen LogP contribution in [-0.2, 0) is 11.8 Å². The lowest BCUT2D eigenvalue weighted by Crippen LogP contribution is -2.43. The van der Waals surface area contributed by atoms with Crippen molar-refractivity contribution in [2.75, 3.05) is 6.54 Å². The molecule has 1 saturated carbocycles. The number of aromatic nitrogens is 2. The van der Waals surface area contributed by atoms with Crippen LogP contribution in [-0.4, -0.2) is 45.0 Å². The van der Waals surface area contributed by atoms with Gasteiger partial charge in [0.25, 0.3) is 11.8 Å². The Hall–Kier alpha value is -2.77. The van der Waals surface area contributed by atoms with Gasteiger partial charge in [0.1, 0.15) is 6.04 Å². The van der Waals surface area contributed by atoms with Crippen molar-refractivity contribution in [3.05, 3.63) is 41.6 Å². The van der Waals surface area contributed by atoms with Crippen LogP contribution in [0.3, 0.4) is 0 Å². The Kier molecular flexibility index (Phi) is 4.01. The maximum atomic E-state index is 13.8. The van der Waals surface area contributed by atoms with Gasteiger partial charge in [-0.15, -0.1) is 0 Å². The summed E-state index contributed by atoms with van der Waals surface area (Å²) in [5.41, 5.74) is 8.35. The maximum Gasteiger partial charge on any atom is 0.267 e. The van der Waals surface area contributed by atoms with E-state index in [-0.39, 0.29) is 5.56 Å². The quantitative estimate of drug-likeness (QED) is 0.892. The van der Waals surface area contributed by atoms with Gasteiger partial charge in [0, 0.05) is 30.8 Å². The van der Waals surface area contributed by atoms with Crippen LogP contribution in [0.25, 0.3) is 11.3 Å². The van der Waals surface area contributed by atoms with Crippen LogP contribution in [0.2, 0.25) is 0 Å². The number of carbonyl (C=O) groups excluding carboxylic acids is 2. The third-order valence-electron chi connectivity index (χ3n) is 5.27. The van der Waals surface area contributed by atoms with Crippen LogP contribution in [0, 0.1) is 0 Å². The van der Waals surface area contributed by atoms with Gasteiger partial charge in [0.05, 0.1) is 12.2 Å². The molecule has 2 amide bonds. The molecule has 1 saturated heterocycles. The number of nitrogens with two attached hydrogens (primary N) is 1. The van der Waals surface area contributed by atoms with Gasteiger partial charge in [0.15, 0.2) is 0 Å². The van der Waals surface area contributed by atoms with Crippen molar-refractivity contribution in [1.29, 1.82) is 0 Å². The van der Waals surface area contributed by atoms with Gasteiger partial charge in [-0.05, 0) is 42.5 Å². The number of alkyl halides is 2. The number of amides is 2. The number of hydrogen-bond acceptors (Lipinski definition) is 3. The van der Waals surface area contributed by atoms with E-state index in [4.69, 9.17) is 5.73 Å². The highest BCUT2D eigenvalue weighted by molar-refractivity contribution is 5.99. The average molecular weight is 374 g/mol. The summed E-state index contributed by atoms with van der Waals surface area (Å²) in [4.78, 5) is 25.4. The van der Waals surface area contributed by atoms with E-state index in [9.17, 15) is 18.4 Å². The van der Waals surface area contributed by atoms with Crippen LogP contribution in [0.4, 0.5) is 8.78 Å². The van der Waals surface area contributed by atoms with Crippen LogP contribution < -0.4 is 5.73 Å². The van der Waals surface area contributed by atoms with Gasteiger partial charge >= 0.3 is 0 Å². The molecule has 1 aromatic heterocycles. The fraction of sp³-hybridized carbons (Fsp3) is 0.421. The van der Waals surface area contributed by atoms with Gasteiger partial charge in [-0.1, -0.05) is 6.07 Å². The van der Waals surface area contributed by atoms with Crippen molar-refractivity contribution in [2.45, 2.75) is 37.1 Å². The third kappa shape index (κ3) is 3.20. The SMILES string of the molecule is Cn1nccc1-c1cc(C(=O)N2CC(F)(F)CC2C(N)=O)ccc1C1CC1. The minimum atomic E-state index is -3.12. The Morgan fingerprint density at radius 1 is 1.26 bits per heavy atom. The lowest BCUT2D eigenvalue weighted by Gasteiger charge is -2.22. The molecular weight excluding hydrogens is 354 g/mol. The second-order valence-electron chi connectivity index (χ2n) is 7.33. The zero-order valence-electron chi connectivity index (χ0n) is 14.9. The number of hydrogen-bond donors (Lipinski definition) is 1. The molecule has 2 aromatic rings. The van der Waals surface area contributed by atoms with Crippen LogP contribution in [0.5, 0.6) is 0 Å². The number of halogens is 2. The molecule has 142 valence electrons. The van der Waals surface area contributed by atoms with E-state index in [1.54, 1.807) is 23.0 Å². The summed E-state index contributed by atoms with van der Waals surface area (Å²) in [5, 5.41) is 4.18. The highest BCUT2D eigenvalue weighted by Gasteiger charge is 2.49. The zero-order valence-corrected chi connectivity index (χ0v) is 14.9. The Morgan fingerprint density at radius 2 is 2.00 bits per heavy atom. The van der Waals surface area contributed by atoms with E-state index in [1.807, 2.05) is 19.2 Å². The van der Waals surface area contributed by atoms with Gasteiger partial charge in [-0.3, -0.25) is 14.3 Å². The maximum absolute atomic E-state index is 13.8. The molecule has 1 aliphatic heterocycles. The number of aryl methyl sites for hydroxylation is 1. The lowest BCUT2D eigenvalue weighted by atomic mass is 9.97. The smallest absolute Gasteiger partial charge is 0.267 e. The summed E-state index contributed by atoms with van der Waals surface area (Å²) in [6.07, 6.45) is 3.11. The molecule has 8 heteroatoms. The Bertz CT molecular complexity index is 920. The third-order valence-corrected chi connectivity index (χ3v) is 5.27. The first kappa shape index (κ1) is 17.6. The molecule has 4 rings (SSSR count). The van der Waals surface area contributed by atoms with Crippen molar-refractivity contribution in [3.8, 4) is 11.3 Å². The van der Waals surface area contributed by atoms with E-state index in [2.05, 4.69) is 5.10 Å². The summed E-state index contributed by atoms with van der Waals surface area (Å²) in [6, 6.07) is 5.79. The fourth-order valence-electron chi connectivity index (χ4n) is 3.75. The zero-order chi connectivity index (χ0) is 19.3. The molecule has 1 unspecified atom stereocenters. The topological polar surface area (TPSA) is 81.2 Å². The van der Waals surface area contributed by atoms with Crippen molar-refractivity contribution >= 4 is 11.8 Å². The first-order chi connectivity index (χ1) is 12.8. The van der Waals surface area contributed by atoms with E-state index in [0.29, 0.717) is 5.92 Å². The summed E-state index contributed by atoms with van der Waals surface area (Å²) in [7, 11) is 1.81. The second-order valence-corrected chi connectivity index (χ2v) is 7.33. The lowest BCUT2D eigenvalue weighted by molar-refractivity contribution is -0.121. The van der Waals surface area contributed by atoms with Gasteiger partial charge in [0.2, 0.25) is 5.91 Å². The molecule has 1 atom stereocenters. The minimum Gasteiger partial charge on any atom is -0.368 e. The minimum absolute atomic E-state index is 0.263. The Balaban J connectivity index is 1.73. The summed E-state index contributed by atoms with van der Waals surface area (Å²) < 4.78 is 29.3. The standard InChI is InChI=1S/C19H20F2N4O2/c1-24-15(6-7-23-24)14-8-12(4-5-13(14)11-2-3-11)18(27)25-10-19(20,21)9-16(25)17(22)26/h4-8,11,16H,2-3,9-10H2,1H3,(H2,22,26). The summed E-state index contributed by atoms with van der Waals surface area (Å²) >= 11 is 0. The number of carbonyl (C=O) groups is 2.